The molecule has 0 saturated carbocycles. The Bertz CT molecular complexity index is 916. The zero-order chi connectivity index (χ0) is 18.4. The lowest BCUT2D eigenvalue weighted by molar-refractivity contribution is -0.131. The third-order valence-electron chi connectivity index (χ3n) is 3.78. The van der Waals surface area contributed by atoms with Gasteiger partial charge in [0, 0.05) is 23.6 Å². The zero-order valence-electron chi connectivity index (χ0n) is 14.4. The summed E-state index contributed by atoms with van der Waals surface area (Å²) in [6.07, 6.45) is 3.43. The summed E-state index contributed by atoms with van der Waals surface area (Å²) >= 11 is 1.49. The van der Waals surface area contributed by atoms with Crippen LogP contribution in [0.25, 0.3) is 5.57 Å². The van der Waals surface area contributed by atoms with Gasteiger partial charge in [-0.1, -0.05) is 48.5 Å². The van der Waals surface area contributed by atoms with E-state index in [1.54, 1.807) is 6.20 Å². The molecule has 3 aromatic rings. The van der Waals surface area contributed by atoms with Crippen LogP contribution < -0.4 is 4.74 Å². The number of aliphatic carboxylic acids is 1. The van der Waals surface area contributed by atoms with Gasteiger partial charge in [0.2, 0.25) is 0 Å². The topological polar surface area (TPSA) is 59.4 Å². The fourth-order valence-corrected chi connectivity index (χ4v) is 3.35. The van der Waals surface area contributed by atoms with Crippen LogP contribution in [0.1, 0.15) is 21.0 Å². The van der Waals surface area contributed by atoms with E-state index in [9.17, 15) is 9.90 Å². The first-order chi connectivity index (χ1) is 12.6. The smallest absolute Gasteiger partial charge is 0.328 e. The Morgan fingerprint density at radius 3 is 2.58 bits per heavy atom. The summed E-state index contributed by atoms with van der Waals surface area (Å²) in [5.74, 6) is -0.226. The maximum atomic E-state index is 11.2. The summed E-state index contributed by atoms with van der Waals surface area (Å²) in [4.78, 5) is 16.6. The molecule has 0 spiro atoms. The van der Waals surface area contributed by atoms with Crippen molar-refractivity contribution in [2.24, 2.45) is 0 Å². The molecule has 132 valence electrons. The molecule has 1 heterocycles. The fraction of sp³-hybridized carbons (Fsp3) is 0.143. The largest absolute Gasteiger partial charge is 0.489 e. The molecule has 1 N–H and O–H groups in total. The summed E-state index contributed by atoms with van der Waals surface area (Å²) in [6, 6.07) is 17.6. The van der Waals surface area contributed by atoms with Gasteiger partial charge in [-0.25, -0.2) is 9.78 Å². The molecule has 26 heavy (non-hydrogen) atoms. The first-order valence-electron chi connectivity index (χ1n) is 8.23. The summed E-state index contributed by atoms with van der Waals surface area (Å²) < 4.78 is 5.98. The number of hydrogen-bond donors (Lipinski definition) is 1. The number of allylic oxidation sites excluding steroid dienone is 1. The number of ether oxygens (including phenoxy) is 1. The highest BCUT2D eigenvalue weighted by atomic mass is 32.1. The standard InChI is InChI=1S/C21H19NO3S/c1-15-13-22-21(26-15)18(12-20(23)24)11-17-9-5-6-10-19(17)25-14-16-7-3-2-4-8-16/h2-10,12-13H,11,14H2,1H3,(H,23,24). The molecule has 0 aliphatic heterocycles. The Morgan fingerprint density at radius 1 is 1.15 bits per heavy atom. The summed E-state index contributed by atoms with van der Waals surface area (Å²) in [5, 5.41) is 9.95. The molecule has 0 bridgehead atoms. The van der Waals surface area contributed by atoms with Gasteiger partial charge in [-0.15, -0.1) is 11.3 Å². The Hall–Kier alpha value is -2.92. The normalized spacial score (nSPS) is 11.3. The lowest BCUT2D eigenvalue weighted by Crippen LogP contribution is -2.01. The molecule has 2 aromatic carbocycles. The number of carboxylic acids is 1. The molecule has 0 aliphatic carbocycles. The Kier molecular flexibility index (Phi) is 5.81. The molecule has 0 radical (unpaired) electrons. The number of thiazole rings is 1. The second-order valence-electron chi connectivity index (χ2n) is 5.84. The average Bonchev–Trinajstić information content (AvgIpc) is 3.07. The maximum absolute atomic E-state index is 11.2. The molecular weight excluding hydrogens is 346 g/mol. The Morgan fingerprint density at radius 2 is 1.88 bits per heavy atom. The van der Waals surface area contributed by atoms with Gasteiger partial charge in [-0.05, 0) is 29.7 Å². The second kappa shape index (κ2) is 8.45. The van der Waals surface area contributed by atoms with E-state index in [4.69, 9.17) is 4.74 Å². The van der Waals surface area contributed by atoms with Gasteiger partial charge in [-0.3, -0.25) is 0 Å². The lowest BCUT2D eigenvalue weighted by atomic mass is 10.0. The Labute approximate surface area is 156 Å². The zero-order valence-corrected chi connectivity index (χ0v) is 15.2. The lowest BCUT2D eigenvalue weighted by Gasteiger charge is -2.12. The summed E-state index contributed by atoms with van der Waals surface area (Å²) in [5.41, 5.74) is 2.69. The summed E-state index contributed by atoms with van der Waals surface area (Å²) in [7, 11) is 0. The molecule has 4 nitrogen and oxygen atoms in total. The number of carbonyl (C=O) groups is 1. The van der Waals surface area contributed by atoms with Crippen molar-refractivity contribution in [2.45, 2.75) is 20.0 Å². The van der Waals surface area contributed by atoms with Gasteiger partial charge >= 0.3 is 5.97 Å². The summed E-state index contributed by atoms with van der Waals surface area (Å²) in [6.45, 7) is 2.42. The van der Waals surface area contributed by atoms with Crippen molar-refractivity contribution in [3.05, 3.63) is 87.9 Å². The van der Waals surface area contributed by atoms with Crippen LogP contribution >= 0.6 is 11.3 Å². The number of nitrogens with zero attached hydrogens (tertiary/aromatic N) is 1. The van der Waals surface area contributed by atoms with Crippen LogP contribution in [-0.2, 0) is 17.8 Å². The van der Waals surface area contributed by atoms with Gasteiger partial charge in [0.1, 0.15) is 17.4 Å². The molecule has 0 amide bonds. The van der Waals surface area contributed by atoms with Crippen LogP contribution in [0.15, 0.2) is 66.9 Å². The van der Waals surface area contributed by atoms with Gasteiger partial charge in [0.05, 0.1) is 0 Å². The van der Waals surface area contributed by atoms with E-state index >= 15 is 0 Å². The third kappa shape index (κ3) is 4.80. The molecular formula is C21H19NO3S. The van der Waals surface area contributed by atoms with E-state index in [1.165, 1.54) is 17.4 Å². The van der Waals surface area contributed by atoms with Gasteiger partial charge in [0.15, 0.2) is 0 Å². The monoisotopic (exact) mass is 365 g/mol. The maximum Gasteiger partial charge on any atom is 0.328 e. The van der Waals surface area contributed by atoms with Crippen molar-refractivity contribution < 1.29 is 14.6 Å². The van der Waals surface area contributed by atoms with Crippen LogP contribution in [0.2, 0.25) is 0 Å². The molecule has 1 aromatic heterocycles. The second-order valence-corrected chi connectivity index (χ2v) is 7.08. The molecule has 3 rings (SSSR count). The molecule has 0 fully saturated rings. The fourth-order valence-electron chi connectivity index (χ4n) is 2.57. The van der Waals surface area contributed by atoms with Crippen molar-refractivity contribution in [2.75, 3.05) is 0 Å². The third-order valence-corrected chi connectivity index (χ3v) is 4.77. The van der Waals surface area contributed by atoms with Crippen LogP contribution in [0.4, 0.5) is 0 Å². The Balaban J connectivity index is 1.82. The quantitative estimate of drug-likeness (QED) is 0.614. The first-order valence-corrected chi connectivity index (χ1v) is 9.04. The number of carboxylic acid groups (broad SMARTS) is 1. The highest BCUT2D eigenvalue weighted by Gasteiger charge is 2.13. The molecule has 0 aliphatic rings. The molecule has 0 unspecified atom stereocenters. The molecule has 0 saturated heterocycles. The van der Waals surface area contributed by atoms with Crippen molar-refractivity contribution in [3.8, 4) is 5.75 Å². The van der Waals surface area contributed by atoms with E-state index in [1.807, 2.05) is 61.5 Å². The van der Waals surface area contributed by atoms with Crippen LogP contribution in [0.3, 0.4) is 0 Å². The van der Waals surface area contributed by atoms with Crippen LogP contribution in [0.5, 0.6) is 5.75 Å². The number of para-hydroxylation sites is 1. The van der Waals surface area contributed by atoms with E-state index < -0.39 is 5.97 Å². The average molecular weight is 365 g/mol. The predicted octanol–water partition coefficient (Wildman–Crippen LogP) is 4.74. The van der Waals surface area contributed by atoms with E-state index in [-0.39, 0.29) is 0 Å². The number of rotatable bonds is 7. The van der Waals surface area contributed by atoms with Crippen molar-refractivity contribution in [1.82, 2.24) is 4.98 Å². The highest BCUT2D eigenvalue weighted by Crippen LogP contribution is 2.28. The van der Waals surface area contributed by atoms with Gasteiger partial charge in [0.25, 0.3) is 0 Å². The minimum Gasteiger partial charge on any atom is -0.489 e. The predicted molar refractivity (Wildman–Crippen MR) is 103 cm³/mol. The van der Waals surface area contributed by atoms with Crippen LogP contribution in [0, 0.1) is 6.92 Å². The van der Waals surface area contributed by atoms with Crippen molar-refractivity contribution in [1.29, 1.82) is 0 Å². The van der Waals surface area contributed by atoms with Gasteiger partial charge < -0.3 is 9.84 Å². The first kappa shape index (κ1) is 17.9. The van der Waals surface area contributed by atoms with Gasteiger partial charge in [-0.2, -0.15) is 0 Å². The van der Waals surface area contributed by atoms with Crippen molar-refractivity contribution in [3.63, 3.8) is 0 Å². The van der Waals surface area contributed by atoms with Crippen molar-refractivity contribution >= 4 is 22.9 Å². The molecule has 0 atom stereocenters. The minimum atomic E-state index is -0.976. The number of aryl methyl sites for hydroxylation is 1. The van der Waals surface area contributed by atoms with Crippen LogP contribution in [-0.4, -0.2) is 16.1 Å². The highest BCUT2D eigenvalue weighted by molar-refractivity contribution is 7.12. The number of benzene rings is 2. The number of hydrogen-bond acceptors (Lipinski definition) is 4. The minimum absolute atomic E-state index is 0.449. The SMILES string of the molecule is Cc1cnc(C(=CC(=O)O)Cc2ccccc2OCc2ccccc2)s1. The van der Waals surface area contributed by atoms with E-state index in [0.717, 1.165) is 26.8 Å². The number of aromatic nitrogens is 1. The van der Waals surface area contributed by atoms with E-state index in [2.05, 4.69) is 4.98 Å². The molecule has 5 heteroatoms. The van der Waals surface area contributed by atoms with E-state index in [0.29, 0.717) is 18.6 Å².